The highest BCUT2D eigenvalue weighted by Crippen LogP contribution is 2.27. The maximum Gasteiger partial charge on any atom is 0.264 e. The normalized spacial score (nSPS) is 11.9. The molecule has 0 saturated heterocycles. The van der Waals surface area contributed by atoms with Gasteiger partial charge in [0, 0.05) is 18.1 Å². The lowest BCUT2D eigenvalue weighted by Gasteiger charge is -2.32. The van der Waals surface area contributed by atoms with Crippen LogP contribution in [-0.4, -0.2) is 51.4 Å². The number of carbonyl (C=O) groups is 2. The molecule has 2 amide bonds. The second-order valence-corrected chi connectivity index (χ2v) is 11.3. The summed E-state index contributed by atoms with van der Waals surface area (Å²) in [7, 11) is -2.68. The summed E-state index contributed by atoms with van der Waals surface area (Å²) >= 11 is 6.05. The zero-order valence-electron chi connectivity index (χ0n) is 22.3. The highest BCUT2D eigenvalue weighted by molar-refractivity contribution is 7.92. The highest BCUT2D eigenvalue weighted by atomic mass is 35.5. The summed E-state index contributed by atoms with van der Waals surface area (Å²) in [5.74, 6) is -0.326. The SMILES string of the molecule is CCCCNC(=O)[C@H](C)N(Cc1ccccc1)C(=O)CN(c1ccc(Cl)cc1)S(=O)(=O)c1ccc(OC)cc1. The molecular weight excluding hydrogens is 538 g/mol. The van der Waals surface area contributed by atoms with Crippen molar-refractivity contribution in [3.8, 4) is 5.75 Å². The van der Waals surface area contributed by atoms with Gasteiger partial charge in [0.1, 0.15) is 18.3 Å². The number of ether oxygens (including phenoxy) is 1. The second-order valence-electron chi connectivity index (χ2n) is 8.99. The Kier molecular flexibility index (Phi) is 10.8. The Morgan fingerprint density at radius 2 is 1.62 bits per heavy atom. The summed E-state index contributed by atoms with van der Waals surface area (Å²) in [6.45, 7) is 3.78. The highest BCUT2D eigenvalue weighted by Gasteiger charge is 2.32. The molecule has 0 spiro atoms. The molecule has 0 saturated carbocycles. The molecule has 0 aromatic heterocycles. The van der Waals surface area contributed by atoms with Gasteiger partial charge in [-0.25, -0.2) is 8.42 Å². The molecule has 208 valence electrons. The number of anilines is 1. The predicted molar refractivity (Wildman–Crippen MR) is 153 cm³/mol. The van der Waals surface area contributed by atoms with E-state index in [-0.39, 0.29) is 23.0 Å². The standard InChI is InChI=1S/C29H34ClN3O5S/c1-4-5-19-31-29(35)22(2)32(20-23-9-7-6-8-10-23)28(34)21-33(25-13-11-24(30)12-14-25)39(36,37)27-17-15-26(38-3)16-18-27/h6-18,22H,4-5,19-21H2,1-3H3,(H,31,35)/t22-/m0/s1. The molecule has 0 aliphatic rings. The van der Waals surface area contributed by atoms with Crippen molar-refractivity contribution in [3.63, 3.8) is 0 Å². The van der Waals surface area contributed by atoms with Crippen LogP contribution in [0.1, 0.15) is 32.3 Å². The number of hydrogen-bond acceptors (Lipinski definition) is 5. The Morgan fingerprint density at radius 3 is 2.21 bits per heavy atom. The van der Waals surface area contributed by atoms with Crippen LogP contribution in [0.4, 0.5) is 5.69 Å². The fraction of sp³-hybridized carbons (Fsp3) is 0.310. The number of nitrogens with one attached hydrogen (secondary N) is 1. The number of carbonyl (C=O) groups excluding carboxylic acids is 2. The van der Waals surface area contributed by atoms with Crippen molar-refractivity contribution in [1.29, 1.82) is 0 Å². The summed E-state index contributed by atoms with van der Waals surface area (Å²) in [6.07, 6.45) is 1.73. The van der Waals surface area contributed by atoms with Crippen molar-refractivity contribution in [2.24, 2.45) is 0 Å². The first-order valence-electron chi connectivity index (χ1n) is 12.7. The molecule has 8 nitrogen and oxygen atoms in total. The zero-order chi connectivity index (χ0) is 28.4. The van der Waals surface area contributed by atoms with Crippen LogP contribution >= 0.6 is 11.6 Å². The third-order valence-corrected chi connectivity index (χ3v) is 8.27. The van der Waals surface area contributed by atoms with E-state index in [1.165, 1.54) is 24.1 Å². The molecule has 3 aromatic rings. The van der Waals surface area contributed by atoms with Gasteiger partial charge in [-0.2, -0.15) is 0 Å². The third-order valence-electron chi connectivity index (χ3n) is 6.23. The fourth-order valence-electron chi connectivity index (χ4n) is 3.91. The summed E-state index contributed by atoms with van der Waals surface area (Å²) in [5, 5.41) is 3.30. The number of rotatable bonds is 13. The van der Waals surface area contributed by atoms with E-state index in [2.05, 4.69) is 5.32 Å². The Morgan fingerprint density at radius 1 is 0.974 bits per heavy atom. The summed E-state index contributed by atoms with van der Waals surface area (Å²) in [4.78, 5) is 28.2. The lowest BCUT2D eigenvalue weighted by molar-refractivity contribution is -0.139. The molecule has 1 atom stereocenters. The number of methoxy groups -OCH3 is 1. The van der Waals surface area contributed by atoms with Crippen molar-refractivity contribution in [2.45, 2.75) is 44.2 Å². The van der Waals surface area contributed by atoms with Crippen LogP contribution in [0.2, 0.25) is 5.02 Å². The molecule has 0 radical (unpaired) electrons. The molecule has 39 heavy (non-hydrogen) atoms. The van der Waals surface area contributed by atoms with Crippen LogP contribution in [0.15, 0.2) is 83.8 Å². The molecule has 3 rings (SSSR count). The first kappa shape index (κ1) is 30.0. The van der Waals surface area contributed by atoms with E-state index in [1.807, 2.05) is 37.3 Å². The third kappa shape index (κ3) is 7.97. The molecule has 1 N–H and O–H groups in total. The molecule has 0 aliphatic heterocycles. The molecule has 0 fully saturated rings. The van der Waals surface area contributed by atoms with Crippen LogP contribution < -0.4 is 14.4 Å². The smallest absolute Gasteiger partial charge is 0.264 e. The Bertz CT molecular complexity index is 1330. The van der Waals surface area contributed by atoms with Gasteiger partial charge in [0.15, 0.2) is 0 Å². The lowest BCUT2D eigenvalue weighted by Crippen LogP contribution is -2.51. The number of halogens is 1. The minimum absolute atomic E-state index is 0.00832. The average Bonchev–Trinajstić information content (AvgIpc) is 2.95. The Hall–Kier alpha value is -3.56. The van der Waals surface area contributed by atoms with Crippen LogP contribution in [0.25, 0.3) is 0 Å². The van der Waals surface area contributed by atoms with Gasteiger partial charge in [0.25, 0.3) is 10.0 Å². The van der Waals surface area contributed by atoms with Gasteiger partial charge in [-0.3, -0.25) is 13.9 Å². The fourth-order valence-corrected chi connectivity index (χ4v) is 5.45. The van der Waals surface area contributed by atoms with Crippen LogP contribution in [-0.2, 0) is 26.2 Å². The lowest BCUT2D eigenvalue weighted by atomic mass is 10.1. The second kappa shape index (κ2) is 14.0. The molecular formula is C29H34ClN3O5S. The topological polar surface area (TPSA) is 96.0 Å². The van der Waals surface area contributed by atoms with E-state index in [0.717, 1.165) is 22.7 Å². The van der Waals surface area contributed by atoms with E-state index in [4.69, 9.17) is 16.3 Å². The first-order valence-corrected chi connectivity index (χ1v) is 14.5. The summed E-state index contributed by atoms with van der Waals surface area (Å²) in [6, 6.07) is 20.6. The largest absolute Gasteiger partial charge is 0.497 e. The van der Waals surface area contributed by atoms with Crippen molar-refractivity contribution in [2.75, 3.05) is 24.5 Å². The van der Waals surface area contributed by atoms with Gasteiger partial charge in [-0.05, 0) is 67.4 Å². The minimum atomic E-state index is -4.17. The van der Waals surface area contributed by atoms with Gasteiger partial charge >= 0.3 is 0 Å². The number of unbranched alkanes of at least 4 members (excludes halogenated alkanes) is 1. The maximum absolute atomic E-state index is 13.8. The van der Waals surface area contributed by atoms with E-state index < -0.39 is 28.5 Å². The van der Waals surface area contributed by atoms with E-state index >= 15 is 0 Å². The number of sulfonamides is 1. The van der Waals surface area contributed by atoms with Crippen LogP contribution in [0.5, 0.6) is 5.75 Å². The summed E-state index contributed by atoms with van der Waals surface area (Å²) in [5.41, 5.74) is 1.08. The minimum Gasteiger partial charge on any atom is -0.497 e. The molecule has 0 aliphatic carbocycles. The van der Waals surface area contributed by atoms with Crippen molar-refractivity contribution in [1.82, 2.24) is 10.2 Å². The number of nitrogens with zero attached hydrogens (tertiary/aromatic N) is 2. The molecule has 0 bridgehead atoms. The molecule has 0 unspecified atom stereocenters. The van der Waals surface area contributed by atoms with E-state index in [9.17, 15) is 18.0 Å². The van der Waals surface area contributed by atoms with Crippen molar-refractivity contribution < 1.29 is 22.7 Å². The average molecular weight is 572 g/mol. The quantitative estimate of drug-likeness (QED) is 0.295. The van der Waals surface area contributed by atoms with E-state index in [0.29, 0.717) is 17.3 Å². The van der Waals surface area contributed by atoms with Gasteiger partial charge in [-0.15, -0.1) is 0 Å². The van der Waals surface area contributed by atoms with Gasteiger partial charge in [0.05, 0.1) is 17.7 Å². The van der Waals surface area contributed by atoms with Crippen molar-refractivity contribution >= 4 is 39.1 Å². The van der Waals surface area contributed by atoms with Crippen LogP contribution in [0.3, 0.4) is 0 Å². The van der Waals surface area contributed by atoms with Crippen molar-refractivity contribution in [3.05, 3.63) is 89.4 Å². The number of benzene rings is 3. The van der Waals surface area contributed by atoms with Crippen LogP contribution in [0, 0.1) is 0 Å². The Labute approximate surface area is 235 Å². The van der Waals surface area contributed by atoms with E-state index in [1.54, 1.807) is 43.3 Å². The monoisotopic (exact) mass is 571 g/mol. The maximum atomic E-state index is 13.8. The molecule has 3 aromatic carbocycles. The van der Waals surface area contributed by atoms with Gasteiger partial charge in [-0.1, -0.05) is 55.3 Å². The van der Waals surface area contributed by atoms with Gasteiger partial charge < -0.3 is 15.0 Å². The number of hydrogen-bond donors (Lipinski definition) is 1. The predicted octanol–water partition coefficient (Wildman–Crippen LogP) is 4.88. The molecule has 10 heteroatoms. The number of amides is 2. The summed E-state index contributed by atoms with van der Waals surface area (Å²) < 4.78 is 33.8. The zero-order valence-corrected chi connectivity index (χ0v) is 23.9. The first-order chi connectivity index (χ1) is 18.7. The van der Waals surface area contributed by atoms with Gasteiger partial charge in [0.2, 0.25) is 11.8 Å². The Balaban J connectivity index is 1.98. The molecule has 0 heterocycles.